The third-order valence-electron chi connectivity index (χ3n) is 4.32. The molecular weight excluding hydrogens is 352 g/mol. The zero-order valence-corrected chi connectivity index (χ0v) is 15.9. The minimum absolute atomic E-state index is 0.200. The van der Waals surface area contributed by atoms with E-state index in [2.05, 4.69) is 10.6 Å². The van der Waals surface area contributed by atoms with Crippen LogP contribution in [-0.4, -0.2) is 73.4 Å². The lowest BCUT2D eigenvalue weighted by molar-refractivity contribution is -0.135. The lowest BCUT2D eigenvalue weighted by Gasteiger charge is -2.22. The van der Waals surface area contributed by atoms with Crippen molar-refractivity contribution in [2.45, 2.75) is 18.9 Å². The SMILES string of the molecule is COc1ccccc1C[C@@]1(C)NC(=O)N(CC(=O)NCC(=O)N(C)C)C1=O. The molecule has 0 aliphatic carbocycles. The van der Waals surface area contributed by atoms with E-state index in [0.717, 1.165) is 10.5 Å². The summed E-state index contributed by atoms with van der Waals surface area (Å²) in [5, 5.41) is 5.05. The lowest BCUT2D eigenvalue weighted by atomic mass is 9.92. The minimum Gasteiger partial charge on any atom is -0.496 e. The summed E-state index contributed by atoms with van der Waals surface area (Å²) in [5.41, 5.74) is -0.426. The highest BCUT2D eigenvalue weighted by Crippen LogP contribution is 2.27. The van der Waals surface area contributed by atoms with E-state index in [4.69, 9.17) is 4.74 Å². The van der Waals surface area contributed by atoms with Crippen LogP contribution in [0.15, 0.2) is 24.3 Å². The molecule has 0 unspecified atom stereocenters. The molecule has 1 aliphatic heterocycles. The summed E-state index contributed by atoms with van der Waals surface area (Å²) in [7, 11) is 4.66. The van der Waals surface area contributed by atoms with Crippen molar-refractivity contribution < 1.29 is 23.9 Å². The number of amides is 5. The number of rotatable bonds is 7. The third kappa shape index (κ3) is 4.55. The minimum atomic E-state index is -1.19. The first-order chi connectivity index (χ1) is 12.7. The number of urea groups is 1. The maximum atomic E-state index is 12.8. The van der Waals surface area contributed by atoms with Crippen LogP contribution in [-0.2, 0) is 20.8 Å². The number of imide groups is 1. The first kappa shape index (κ1) is 20.2. The molecule has 27 heavy (non-hydrogen) atoms. The maximum Gasteiger partial charge on any atom is 0.325 e. The fraction of sp³-hybridized carbons (Fsp3) is 0.444. The number of hydrogen-bond acceptors (Lipinski definition) is 5. The standard InChI is InChI=1S/C18H24N4O5/c1-18(9-12-7-5-6-8-13(12)27-4)16(25)22(17(26)20-18)11-14(23)19-10-15(24)21(2)3/h5-8H,9-11H2,1-4H3,(H,19,23)(H,20,26)/t18-/m1/s1. The van der Waals surface area contributed by atoms with Crippen LogP contribution in [0.2, 0.25) is 0 Å². The fourth-order valence-corrected chi connectivity index (χ4v) is 2.77. The number of hydrogen-bond donors (Lipinski definition) is 2. The van der Waals surface area contributed by atoms with E-state index >= 15 is 0 Å². The van der Waals surface area contributed by atoms with Crippen molar-refractivity contribution >= 4 is 23.8 Å². The van der Waals surface area contributed by atoms with Gasteiger partial charge >= 0.3 is 6.03 Å². The van der Waals surface area contributed by atoms with Crippen molar-refractivity contribution in [3.8, 4) is 5.75 Å². The van der Waals surface area contributed by atoms with Gasteiger partial charge in [-0.25, -0.2) is 4.79 Å². The van der Waals surface area contributed by atoms with Gasteiger partial charge in [0.25, 0.3) is 5.91 Å². The molecule has 0 aromatic heterocycles. The van der Waals surface area contributed by atoms with E-state index in [-0.39, 0.29) is 18.9 Å². The summed E-state index contributed by atoms with van der Waals surface area (Å²) >= 11 is 0. The molecule has 1 aromatic rings. The number of methoxy groups -OCH3 is 1. The Bertz CT molecular complexity index is 764. The highest BCUT2D eigenvalue weighted by molar-refractivity contribution is 6.09. The number of benzene rings is 1. The summed E-state index contributed by atoms with van der Waals surface area (Å²) < 4.78 is 5.29. The number of nitrogens with one attached hydrogen (secondary N) is 2. The number of carbonyl (C=O) groups is 4. The highest BCUT2D eigenvalue weighted by Gasteiger charge is 2.48. The van der Waals surface area contributed by atoms with Crippen molar-refractivity contribution in [3.05, 3.63) is 29.8 Å². The largest absolute Gasteiger partial charge is 0.496 e. The normalized spacial score (nSPS) is 18.9. The predicted octanol–water partition coefficient (Wildman–Crippen LogP) is -0.247. The maximum absolute atomic E-state index is 12.8. The Hall–Kier alpha value is -3.10. The summed E-state index contributed by atoms with van der Waals surface area (Å²) in [6.45, 7) is 0.952. The number of para-hydroxylation sites is 1. The Kier molecular flexibility index (Phi) is 6.04. The number of ether oxygens (including phenoxy) is 1. The van der Waals surface area contributed by atoms with Gasteiger partial charge in [0.1, 0.15) is 17.8 Å². The third-order valence-corrected chi connectivity index (χ3v) is 4.32. The van der Waals surface area contributed by atoms with Gasteiger partial charge in [0.2, 0.25) is 11.8 Å². The van der Waals surface area contributed by atoms with Crippen molar-refractivity contribution in [3.63, 3.8) is 0 Å². The Morgan fingerprint density at radius 1 is 1.26 bits per heavy atom. The topological polar surface area (TPSA) is 108 Å². The van der Waals surface area contributed by atoms with E-state index in [1.165, 1.54) is 12.0 Å². The van der Waals surface area contributed by atoms with E-state index in [1.807, 2.05) is 18.2 Å². The molecule has 2 N–H and O–H groups in total. The molecule has 2 rings (SSSR count). The molecule has 0 bridgehead atoms. The quantitative estimate of drug-likeness (QED) is 0.638. The Morgan fingerprint density at radius 3 is 2.56 bits per heavy atom. The molecule has 146 valence electrons. The average molecular weight is 376 g/mol. The smallest absolute Gasteiger partial charge is 0.325 e. The number of carbonyl (C=O) groups excluding carboxylic acids is 4. The van der Waals surface area contributed by atoms with Crippen LogP contribution in [0, 0.1) is 0 Å². The highest BCUT2D eigenvalue weighted by atomic mass is 16.5. The molecule has 1 aromatic carbocycles. The summed E-state index contributed by atoms with van der Waals surface area (Å²) in [6, 6.07) is 6.56. The molecule has 1 heterocycles. The second-order valence-electron chi connectivity index (χ2n) is 6.71. The monoisotopic (exact) mass is 376 g/mol. The average Bonchev–Trinajstić information content (AvgIpc) is 2.83. The molecule has 9 nitrogen and oxygen atoms in total. The molecule has 0 saturated carbocycles. The van der Waals surface area contributed by atoms with Gasteiger partial charge in [0, 0.05) is 20.5 Å². The van der Waals surface area contributed by atoms with E-state index in [1.54, 1.807) is 27.1 Å². The molecule has 0 spiro atoms. The number of likely N-dealkylation sites (N-methyl/N-ethyl adjacent to an activating group) is 1. The molecule has 1 saturated heterocycles. The van der Waals surface area contributed by atoms with Gasteiger partial charge < -0.3 is 20.3 Å². The van der Waals surface area contributed by atoms with Gasteiger partial charge in [-0.2, -0.15) is 0 Å². The number of nitrogens with zero attached hydrogens (tertiary/aromatic N) is 2. The Labute approximate surface area is 157 Å². The van der Waals surface area contributed by atoms with E-state index in [9.17, 15) is 19.2 Å². The van der Waals surface area contributed by atoms with Crippen LogP contribution >= 0.6 is 0 Å². The Balaban J connectivity index is 2.05. The van der Waals surface area contributed by atoms with Crippen LogP contribution in [0.5, 0.6) is 5.75 Å². The second kappa shape index (κ2) is 8.07. The van der Waals surface area contributed by atoms with E-state index in [0.29, 0.717) is 5.75 Å². The van der Waals surface area contributed by atoms with Gasteiger partial charge in [0.15, 0.2) is 0 Å². The first-order valence-corrected chi connectivity index (χ1v) is 8.41. The molecule has 5 amide bonds. The van der Waals surface area contributed by atoms with Gasteiger partial charge in [-0.05, 0) is 18.6 Å². The predicted molar refractivity (Wildman–Crippen MR) is 97.1 cm³/mol. The molecular formula is C18H24N4O5. The summed E-state index contributed by atoms with van der Waals surface area (Å²) in [4.78, 5) is 50.7. The van der Waals surface area contributed by atoms with Crippen LogP contribution in [0.3, 0.4) is 0 Å². The van der Waals surface area contributed by atoms with Crippen molar-refractivity contribution in [2.24, 2.45) is 0 Å². The van der Waals surface area contributed by atoms with E-state index < -0.39 is 29.9 Å². The second-order valence-corrected chi connectivity index (χ2v) is 6.71. The van der Waals surface area contributed by atoms with Crippen molar-refractivity contribution in [1.82, 2.24) is 20.4 Å². The molecule has 1 fully saturated rings. The Morgan fingerprint density at radius 2 is 1.93 bits per heavy atom. The molecule has 1 aliphatic rings. The summed E-state index contributed by atoms with van der Waals surface area (Å²) in [5.74, 6) is -0.775. The van der Waals surface area contributed by atoms with Gasteiger partial charge in [-0.3, -0.25) is 19.3 Å². The van der Waals surface area contributed by atoms with Crippen LogP contribution in [0.1, 0.15) is 12.5 Å². The van der Waals surface area contributed by atoms with Crippen molar-refractivity contribution in [2.75, 3.05) is 34.3 Å². The van der Waals surface area contributed by atoms with Gasteiger partial charge in [-0.1, -0.05) is 18.2 Å². The van der Waals surface area contributed by atoms with Gasteiger partial charge in [0.05, 0.1) is 13.7 Å². The zero-order chi connectivity index (χ0) is 20.2. The van der Waals surface area contributed by atoms with Crippen LogP contribution in [0.4, 0.5) is 4.79 Å². The first-order valence-electron chi connectivity index (χ1n) is 8.41. The molecule has 1 atom stereocenters. The van der Waals surface area contributed by atoms with Crippen molar-refractivity contribution in [1.29, 1.82) is 0 Å². The molecule has 0 radical (unpaired) electrons. The molecule has 9 heteroatoms. The van der Waals surface area contributed by atoms with Gasteiger partial charge in [-0.15, -0.1) is 0 Å². The fourth-order valence-electron chi connectivity index (χ4n) is 2.77. The van der Waals surface area contributed by atoms with Crippen LogP contribution < -0.4 is 15.4 Å². The summed E-state index contributed by atoms with van der Waals surface area (Å²) in [6.07, 6.45) is 0.221. The lowest BCUT2D eigenvalue weighted by Crippen LogP contribution is -2.47. The van der Waals surface area contributed by atoms with Crippen LogP contribution in [0.25, 0.3) is 0 Å². The zero-order valence-electron chi connectivity index (χ0n) is 15.9.